The highest BCUT2D eigenvalue weighted by Gasteiger charge is 2.16. The van der Waals surface area contributed by atoms with Crippen molar-refractivity contribution in [3.63, 3.8) is 0 Å². The van der Waals surface area contributed by atoms with Crippen LogP contribution < -0.4 is 20.3 Å². The molecule has 32 heavy (non-hydrogen) atoms. The Bertz CT molecular complexity index is 1410. The SMILES string of the molecule is Cc1ccc(-c2csc3ncn(CC(=O)Nc4ccc5c(c4)OCCO5)c(=O)c23)cc1C. The number of thiophene rings is 1. The van der Waals surface area contributed by atoms with Crippen LogP contribution in [0.5, 0.6) is 11.5 Å². The third-order valence-corrected chi connectivity index (χ3v) is 6.40. The largest absolute Gasteiger partial charge is 0.486 e. The smallest absolute Gasteiger partial charge is 0.263 e. The molecule has 0 saturated heterocycles. The molecule has 0 saturated carbocycles. The van der Waals surface area contributed by atoms with Crippen LogP contribution >= 0.6 is 11.3 Å². The Hall–Kier alpha value is -3.65. The van der Waals surface area contributed by atoms with Crippen LogP contribution in [0.25, 0.3) is 21.3 Å². The van der Waals surface area contributed by atoms with E-state index in [0.717, 1.165) is 16.7 Å². The lowest BCUT2D eigenvalue weighted by Gasteiger charge is -2.19. The summed E-state index contributed by atoms with van der Waals surface area (Å²) in [6, 6.07) is 11.3. The van der Waals surface area contributed by atoms with E-state index in [9.17, 15) is 9.59 Å². The molecule has 8 heteroatoms. The molecule has 1 N–H and O–H groups in total. The van der Waals surface area contributed by atoms with Crippen LogP contribution in [0.1, 0.15) is 11.1 Å². The number of hydrogen-bond acceptors (Lipinski definition) is 6. The Morgan fingerprint density at radius 3 is 2.72 bits per heavy atom. The van der Waals surface area contributed by atoms with Crippen molar-refractivity contribution >= 4 is 33.1 Å². The zero-order valence-corrected chi connectivity index (χ0v) is 18.5. The molecule has 2 aromatic heterocycles. The van der Waals surface area contributed by atoms with E-state index in [0.29, 0.717) is 40.6 Å². The van der Waals surface area contributed by atoms with E-state index in [-0.39, 0.29) is 18.0 Å². The number of fused-ring (bicyclic) bond motifs is 2. The van der Waals surface area contributed by atoms with Gasteiger partial charge >= 0.3 is 0 Å². The Morgan fingerprint density at radius 1 is 1.09 bits per heavy atom. The standard InChI is InChI=1S/C24H21N3O4S/c1-14-3-4-16(9-15(14)2)18-12-32-23-22(18)24(29)27(13-25-23)11-21(28)26-17-5-6-19-20(10-17)31-8-7-30-19/h3-6,9-10,12-13H,7-8,11H2,1-2H3,(H,26,28). The maximum absolute atomic E-state index is 13.2. The first-order valence-corrected chi connectivity index (χ1v) is 11.1. The third kappa shape index (κ3) is 3.73. The molecule has 162 valence electrons. The molecule has 0 atom stereocenters. The second-order valence-corrected chi connectivity index (χ2v) is 8.57. The number of carbonyl (C=O) groups is 1. The van der Waals surface area contributed by atoms with Crippen LogP contribution in [0.4, 0.5) is 5.69 Å². The van der Waals surface area contributed by atoms with Gasteiger partial charge in [-0.1, -0.05) is 18.2 Å². The molecule has 1 aliphatic rings. The van der Waals surface area contributed by atoms with E-state index in [2.05, 4.69) is 23.3 Å². The minimum Gasteiger partial charge on any atom is -0.486 e. The summed E-state index contributed by atoms with van der Waals surface area (Å²) < 4.78 is 12.4. The zero-order valence-electron chi connectivity index (χ0n) is 17.7. The van der Waals surface area contributed by atoms with Crippen molar-refractivity contribution in [2.45, 2.75) is 20.4 Å². The lowest BCUT2D eigenvalue weighted by Crippen LogP contribution is -2.27. The van der Waals surface area contributed by atoms with Gasteiger partial charge in [-0.15, -0.1) is 11.3 Å². The first kappa shape index (κ1) is 20.3. The van der Waals surface area contributed by atoms with Crippen LogP contribution in [-0.4, -0.2) is 28.7 Å². The fourth-order valence-corrected chi connectivity index (χ4v) is 4.58. The summed E-state index contributed by atoms with van der Waals surface area (Å²) in [5.41, 5.74) is 4.50. The summed E-state index contributed by atoms with van der Waals surface area (Å²) in [6.07, 6.45) is 1.43. The highest BCUT2D eigenvalue weighted by atomic mass is 32.1. The van der Waals surface area contributed by atoms with E-state index in [1.807, 2.05) is 24.4 Å². The number of anilines is 1. The summed E-state index contributed by atoms with van der Waals surface area (Å²) >= 11 is 1.43. The van der Waals surface area contributed by atoms with E-state index < -0.39 is 0 Å². The number of aryl methyl sites for hydroxylation is 2. The second-order valence-electron chi connectivity index (χ2n) is 7.71. The molecule has 5 rings (SSSR count). The van der Waals surface area contributed by atoms with Gasteiger partial charge in [0.25, 0.3) is 5.56 Å². The van der Waals surface area contributed by atoms with Gasteiger partial charge in [0.1, 0.15) is 24.6 Å². The van der Waals surface area contributed by atoms with Crippen LogP contribution in [0.2, 0.25) is 0 Å². The number of nitrogens with one attached hydrogen (secondary N) is 1. The number of nitrogens with zero attached hydrogens (tertiary/aromatic N) is 2. The summed E-state index contributed by atoms with van der Waals surface area (Å²) in [5, 5.41) is 5.29. The van der Waals surface area contributed by atoms with Gasteiger partial charge in [0.05, 0.1) is 11.7 Å². The molecule has 0 aliphatic carbocycles. The Morgan fingerprint density at radius 2 is 1.91 bits per heavy atom. The maximum atomic E-state index is 13.2. The summed E-state index contributed by atoms with van der Waals surface area (Å²) in [7, 11) is 0. The van der Waals surface area contributed by atoms with E-state index in [1.54, 1.807) is 18.2 Å². The van der Waals surface area contributed by atoms with Crippen molar-refractivity contribution < 1.29 is 14.3 Å². The highest BCUT2D eigenvalue weighted by Crippen LogP contribution is 2.33. The topological polar surface area (TPSA) is 82.5 Å². The molecule has 0 radical (unpaired) electrons. The normalized spacial score (nSPS) is 12.7. The monoisotopic (exact) mass is 447 g/mol. The number of ether oxygens (including phenoxy) is 2. The molecule has 7 nitrogen and oxygen atoms in total. The highest BCUT2D eigenvalue weighted by molar-refractivity contribution is 7.17. The van der Waals surface area contributed by atoms with Crippen LogP contribution in [0.15, 0.2) is 52.9 Å². The fraction of sp³-hybridized carbons (Fsp3) is 0.208. The number of amides is 1. The van der Waals surface area contributed by atoms with Crippen LogP contribution in [-0.2, 0) is 11.3 Å². The average Bonchev–Trinajstić information content (AvgIpc) is 3.22. The first-order chi connectivity index (χ1) is 15.5. The van der Waals surface area contributed by atoms with Crippen molar-refractivity contribution in [1.82, 2.24) is 9.55 Å². The number of aromatic nitrogens is 2. The lowest BCUT2D eigenvalue weighted by atomic mass is 10.0. The molecular formula is C24H21N3O4S. The average molecular weight is 448 g/mol. The Labute approximate surface area is 188 Å². The Kier molecular flexibility index (Phi) is 5.14. The van der Waals surface area contributed by atoms with Gasteiger partial charge in [-0.3, -0.25) is 14.2 Å². The molecule has 0 spiro atoms. The molecular weight excluding hydrogens is 426 g/mol. The lowest BCUT2D eigenvalue weighted by molar-refractivity contribution is -0.116. The van der Waals surface area contributed by atoms with Crippen molar-refractivity contribution in [2.75, 3.05) is 18.5 Å². The molecule has 0 fully saturated rings. The van der Waals surface area contributed by atoms with Gasteiger partial charge in [-0.05, 0) is 42.7 Å². The van der Waals surface area contributed by atoms with Crippen molar-refractivity contribution in [3.8, 4) is 22.6 Å². The summed E-state index contributed by atoms with van der Waals surface area (Å²) in [4.78, 5) is 30.9. The molecule has 1 amide bonds. The predicted octanol–water partition coefficient (Wildman–Crippen LogP) is 4.15. The minimum atomic E-state index is -0.326. The minimum absolute atomic E-state index is 0.140. The van der Waals surface area contributed by atoms with E-state index >= 15 is 0 Å². The molecule has 2 aromatic carbocycles. The predicted molar refractivity (Wildman–Crippen MR) is 125 cm³/mol. The van der Waals surface area contributed by atoms with E-state index in [1.165, 1.54) is 27.8 Å². The fourth-order valence-electron chi connectivity index (χ4n) is 3.68. The number of carbonyl (C=O) groups excluding carboxylic acids is 1. The second kappa shape index (κ2) is 8.12. The van der Waals surface area contributed by atoms with Crippen LogP contribution in [0.3, 0.4) is 0 Å². The first-order valence-electron chi connectivity index (χ1n) is 10.2. The van der Waals surface area contributed by atoms with Crippen molar-refractivity contribution in [3.05, 3.63) is 69.6 Å². The molecule has 1 aliphatic heterocycles. The van der Waals surface area contributed by atoms with Gasteiger partial charge in [-0.25, -0.2) is 4.98 Å². The van der Waals surface area contributed by atoms with Gasteiger partial charge < -0.3 is 14.8 Å². The van der Waals surface area contributed by atoms with Gasteiger partial charge in [0.15, 0.2) is 11.5 Å². The Balaban J connectivity index is 1.42. The zero-order chi connectivity index (χ0) is 22.2. The summed E-state index contributed by atoms with van der Waals surface area (Å²) in [6.45, 7) is 4.93. The molecule has 0 bridgehead atoms. The molecule has 4 aromatic rings. The van der Waals surface area contributed by atoms with Crippen molar-refractivity contribution in [1.29, 1.82) is 0 Å². The third-order valence-electron chi connectivity index (χ3n) is 5.52. The molecule has 0 unspecified atom stereocenters. The quantitative estimate of drug-likeness (QED) is 0.508. The number of hydrogen-bond donors (Lipinski definition) is 1. The molecule has 3 heterocycles. The van der Waals surface area contributed by atoms with Crippen molar-refractivity contribution in [2.24, 2.45) is 0 Å². The number of benzene rings is 2. The summed E-state index contributed by atoms with van der Waals surface area (Å²) in [5.74, 6) is 0.912. The van der Waals surface area contributed by atoms with E-state index in [4.69, 9.17) is 9.47 Å². The van der Waals surface area contributed by atoms with Gasteiger partial charge in [0, 0.05) is 22.7 Å². The maximum Gasteiger partial charge on any atom is 0.263 e. The van der Waals surface area contributed by atoms with Gasteiger partial charge in [0.2, 0.25) is 5.91 Å². The van der Waals surface area contributed by atoms with Gasteiger partial charge in [-0.2, -0.15) is 0 Å². The number of rotatable bonds is 4. The van der Waals surface area contributed by atoms with Crippen LogP contribution in [0, 0.1) is 13.8 Å².